The van der Waals surface area contributed by atoms with Crippen molar-refractivity contribution >= 4 is 82.5 Å². The topological polar surface area (TPSA) is 34.2 Å². The second-order valence-corrected chi connectivity index (χ2v) is 13.5. The molecule has 0 atom stereocenters. The predicted octanol–water partition coefficient (Wildman–Crippen LogP) is 13.5. The first-order valence-corrected chi connectivity index (χ1v) is 18.0. The summed E-state index contributed by atoms with van der Waals surface area (Å²) in [5, 5.41) is 8.23. The van der Waals surface area contributed by atoms with Crippen LogP contribution in [0.5, 0.6) is 0 Å². The first-order chi connectivity index (χ1) is 26.3. The molecule has 0 saturated heterocycles. The van der Waals surface area contributed by atoms with Crippen LogP contribution >= 0.6 is 0 Å². The second-order valence-electron chi connectivity index (χ2n) is 13.5. The molecular formula is C49H31N3O. The van der Waals surface area contributed by atoms with Crippen LogP contribution in [0.15, 0.2) is 192 Å². The summed E-state index contributed by atoms with van der Waals surface area (Å²) in [7, 11) is 0. The van der Waals surface area contributed by atoms with Crippen molar-refractivity contribution in [3.63, 3.8) is 0 Å². The third-order valence-corrected chi connectivity index (χ3v) is 10.5. The number of fused-ring (bicyclic) bond motifs is 10. The summed E-state index contributed by atoms with van der Waals surface area (Å²) < 4.78 is 8.70. The van der Waals surface area contributed by atoms with Gasteiger partial charge in [-0.3, -0.25) is 0 Å². The van der Waals surface area contributed by atoms with Crippen molar-refractivity contribution in [2.45, 2.75) is 0 Å². The fourth-order valence-electron chi connectivity index (χ4n) is 8.22. The largest absolute Gasteiger partial charge is 0.456 e. The Labute approximate surface area is 305 Å². The number of nitrogens with zero attached hydrogens (tertiary/aromatic N) is 3. The molecular weight excluding hydrogens is 647 g/mol. The van der Waals surface area contributed by atoms with Gasteiger partial charge in [-0.15, -0.1) is 0 Å². The lowest BCUT2D eigenvalue weighted by Gasteiger charge is -2.25. The zero-order valence-electron chi connectivity index (χ0n) is 28.6. The fourth-order valence-corrected chi connectivity index (χ4v) is 8.22. The highest BCUT2D eigenvalue weighted by molar-refractivity contribution is 6.29. The van der Waals surface area contributed by atoms with Crippen LogP contribution in [0.3, 0.4) is 0 Å². The van der Waals surface area contributed by atoms with E-state index >= 15 is 0 Å². The summed E-state index contributed by atoms with van der Waals surface area (Å²) >= 11 is 0. The van der Waals surface area contributed by atoms with Crippen molar-refractivity contribution in [3.05, 3.63) is 188 Å². The molecule has 248 valence electrons. The van der Waals surface area contributed by atoms with E-state index in [-0.39, 0.29) is 0 Å². The van der Waals surface area contributed by atoms with Gasteiger partial charge in [0.1, 0.15) is 11.2 Å². The van der Waals surface area contributed by atoms with Gasteiger partial charge >= 0.3 is 0 Å². The van der Waals surface area contributed by atoms with Crippen LogP contribution in [-0.4, -0.2) is 9.55 Å². The Bertz CT molecular complexity index is 3160. The van der Waals surface area contributed by atoms with Gasteiger partial charge in [0, 0.05) is 72.1 Å². The third-order valence-electron chi connectivity index (χ3n) is 10.5. The molecule has 0 radical (unpaired) electrons. The highest BCUT2D eigenvalue weighted by Gasteiger charge is 2.20. The lowest BCUT2D eigenvalue weighted by Crippen LogP contribution is -2.09. The molecule has 4 heteroatoms. The third kappa shape index (κ3) is 4.59. The first kappa shape index (κ1) is 29.5. The second kappa shape index (κ2) is 11.7. The van der Waals surface area contributed by atoms with Crippen molar-refractivity contribution in [1.82, 2.24) is 9.55 Å². The number of anilines is 3. The molecule has 0 aliphatic rings. The molecule has 53 heavy (non-hydrogen) atoms. The number of benzene rings is 8. The van der Waals surface area contributed by atoms with E-state index in [1.165, 1.54) is 27.2 Å². The van der Waals surface area contributed by atoms with Crippen molar-refractivity contribution < 1.29 is 4.42 Å². The van der Waals surface area contributed by atoms with Gasteiger partial charge in [0.2, 0.25) is 0 Å². The molecule has 0 aliphatic heterocycles. The molecule has 0 spiro atoms. The SMILES string of the molecule is c1ccc(N(c2ccc(-c3nc4ccccc4c4c3ccc3c4c4ccccc4n3-c3ccccc3)cc2)c2ccc3c(c2)oc2ccccc23)cc1. The molecule has 0 aliphatic carbocycles. The maximum atomic E-state index is 6.32. The Morgan fingerprint density at radius 3 is 1.87 bits per heavy atom. The first-order valence-electron chi connectivity index (χ1n) is 18.0. The standard InChI is InChI=1S/C49H31N3O/c1-3-13-33(14-4-1)51(36-27-28-38-37-17-9-12-22-45(37)53-46(38)31-36)35-25-23-32(24-26-35)49-41-29-30-44-48(47(41)39-18-7-10-20-42(39)50-49)40-19-8-11-21-43(40)52(44)34-15-5-2-6-16-34/h1-31H. The minimum atomic E-state index is 0.869. The van der Waals surface area contributed by atoms with Gasteiger partial charge in [-0.1, -0.05) is 109 Å². The van der Waals surface area contributed by atoms with Gasteiger partial charge in [-0.25, -0.2) is 4.98 Å². The van der Waals surface area contributed by atoms with Gasteiger partial charge in [0.25, 0.3) is 0 Å². The van der Waals surface area contributed by atoms with Crippen LogP contribution in [-0.2, 0) is 0 Å². The van der Waals surface area contributed by atoms with Crippen molar-refractivity contribution in [3.8, 4) is 16.9 Å². The molecule has 3 heterocycles. The van der Waals surface area contributed by atoms with Crippen LogP contribution < -0.4 is 4.90 Å². The van der Waals surface area contributed by atoms with E-state index in [0.717, 1.165) is 72.2 Å². The lowest BCUT2D eigenvalue weighted by molar-refractivity contribution is 0.669. The van der Waals surface area contributed by atoms with Crippen molar-refractivity contribution in [1.29, 1.82) is 0 Å². The van der Waals surface area contributed by atoms with Gasteiger partial charge in [0.15, 0.2) is 0 Å². The average Bonchev–Trinajstić information content (AvgIpc) is 3.77. The average molecular weight is 678 g/mol. The molecule has 0 fully saturated rings. The van der Waals surface area contributed by atoms with Crippen LogP contribution in [0.25, 0.3) is 82.4 Å². The number of rotatable bonds is 5. The summed E-state index contributed by atoms with van der Waals surface area (Å²) in [6.07, 6.45) is 0. The fraction of sp³-hybridized carbons (Fsp3) is 0. The van der Waals surface area contributed by atoms with E-state index in [0.29, 0.717) is 0 Å². The number of hydrogen-bond donors (Lipinski definition) is 0. The zero-order chi connectivity index (χ0) is 34.9. The summed E-state index contributed by atoms with van der Waals surface area (Å²) in [6, 6.07) is 66.5. The van der Waals surface area contributed by atoms with E-state index in [1.54, 1.807) is 0 Å². The van der Waals surface area contributed by atoms with Crippen molar-refractivity contribution in [2.24, 2.45) is 0 Å². The number of aromatic nitrogens is 2. The highest BCUT2D eigenvalue weighted by atomic mass is 16.3. The Balaban J connectivity index is 1.11. The van der Waals surface area contributed by atoms with Crippen LogP contribution in [0.4, 0.5) is 17.1 Å². The summed E-state index contributed by atoms with van der Waals surface area (Å²) in [6.45, 7) is 0. The van der Waals surface area contributed by atoms with E-state index in [4.69, 9.17) is 9.40 Å². The molecule has 0 saturated carbocycles. The van der Waals surface area contributed by atoms with Gasteiger partial charge in [0.05, 0.1) is 22.2 Å². The minimum Gasteiger partial charge on any atom is -0.456 e. The molecule has 0 unspecified atom stereocenters. The van der Waals surface area contributed by atoms with E-state index in [2.05, 4.69) is 185 Å². The number of pyridine rings is 1. The van der Waals surface area contributed by atoms with Gasteiger partial charge in [-0.05, 0) is 72.8 Å². The minimum absolute atomic E-state index is 0.869. The molecule has 4 nitrogen and oxygen atoms in total. The number of para-hydroxylation sites is 5. The highest BCUT2D eigenvalue weighted by Crippen LogP contribution is 2.43. The van der Waals surface area contributed by atoms with E-state index in [9.17, 15) is 0 Å². The Morgan fingerprint density at radius 1 is 0.415 bits per heavy atom. The lowest BCUT2D eigenvalue weighted by atomic mass is 9.96. The predicted molar refractivity (Wildman–Crippen MR) is 221 cm³/mol. The molecule has 11 aromatic rings. The Morgan fingerprint density at radius 2 is 1.04 bits per heavy atom. The molecule has 3 aromatic heterocycles. The van der Waals surface area contributed by atoms with E-state index < -0.39 is 0 Å². The monoisotopic (exact) mass is 677 g/mol. The van der Waals surface area contributed by atoms with Gasteiger partial charge in [-0.2, -0.15) is 0 Å². The summed E-state index contributed by atoms with van der Waals surface area (Å²) in [5.74, 6) is 0. The molecule has 0 amide bonds. The maximum absolute atomic E-state index is 6.32. The molecule has 8 aromatic carbocycles. The maximum Gasteiger partial charge on any atom is 0.137 e. The number of hydrogen-bond acceptors (Lipinski definition) is 3. The smallest absolute Gasteiger partial charge is 0.137 e. The van der Waals surface area contributed by atoms with E-state index in [1.807, 2.05) is 12.1 Å². The van der Waals surface area contributed by atoms with Crippen LogP contribution in [0.2, 0.25) is 0 Å². The van der Waals surface area contributed by atoms with Crippen LogP contribution in [0, 0.1) is 0 Å². The molecule has 0 N–H and O–H groups in total. The number of furan rings is 1. The molecule has 11 rings (SSSR count). The molecule has 0 bridgehead atoms. The van der Waals surface area contributed by atoms with Gasteiger partial charge < -0.3 is 13.9 Å². The quantitative estimate of drug-likeness (QED) is 0.170. The normalized spacial score (nSPS) is 11.8. The Kier molecular flexibility index (Phi) is 6.52. The summed E-state index contributed by atoms with van der Waals surface area (Å²) in [5.41, 5.74) is 11.5. The summed E-state index contributed by atoms with van der Waals surface area (Å²) in [4.78, 5) is 7.62. The Hall–Kier alpha value is -7.17. The van der Waals surface area contributed by atoms with Crippen molar-refractivity contribution in [2.75, 3.05) is 4.90 Å². The zero-order valence-corrected chi connectivity index (χ0v) is 28.6. The van der Waals surface area contributed by atoms with Crippen LogP contribution in [0.1, 0.15) is 0 Å².